The van der Waals surface area contributed by atoms with Crippen LogP contribution in [0.15, 0.2) is 55.2 Å². The molecule has 0 saturated heterocycles. The van der Waals surface area contributed by atoms with Gasteiger partial charge < -0.3 is 9.88 Å². The van der Waals surface area contributed by atoms with Crippen LogP contribution in [0.2, 0.25) is 0 Å². The van der Waals surface area contributed by atoms with Crippen molar-refractivity contribution in [3.8, 4) is 0 Å². The van der Waals surface area contributed by atoms with Crippen molar-refractivity contribution in [2.75, 3.05) is 0 Å². The number of amides is 1. The van der Waals surface area contributed by atoms with Crippen molar-refractivity contribution in [3.63, 3.8) is 0 Å². The summed E-state index contributed by atoms with van der Waals surface area (Å²) in [5.74, 6) is -0.103. The molecule has 25 heavy (non-hydrogen) atoms. The van der Waals surface area contributed by atoms with Crippen molar-refractivity contribution in [1.82, 2.24) is 24.6 Å². The van der Waals surface area contributed by atoms with Gasteiger partial charge in [-0.2, -0.15) is 5.10 Å². The summed E-state index contributed by atoms with van der Waals surface area (Å²) in [5, 5.41) is 7.47. The van der Waals surface area contributed by atoms with Crippen LogP contribution >= 0.6 is 0 Å². The normalized spacial score (nSPS) is 12.1. The van der Waals surface area contributed by atoms with Gasteiger partial charge in [0.1, 0.15) is 0 Å². The lowest BCUT2D eigenvalue weighted by Crippen LogP contribution is -2.31. The van der Waals surface area contributed by atoms with Gasteiger partial charge in [0.05, 0.1) is 24.1 Å². The molecule has 0 aliphatic carbocycles. The number of benzene rings is 1. The molecule has 0 saturated carbocycles. The molecule has 3 aromatic rings. The molecule has 130 valence electrons. The summed E-state index contributed by atoms with van der Waals surface area (Å²) in [7, 11) is 0. The lowest BCUT2D eigenvalue weighted by Gasteiger charge is -2.20. The van der Waals surface area contributed by atoms with E-state index in [1.54, 1.807) is 18.7 Å². The van der Waals surface area contributed by atoms with Crippen molar-refractivity contribution in [2.45, 2.75) is 39.4 Å². The number of aryl methyl sites for hydroxylation is 1. The van der Waals surface area contributed by atoms with Gasteiger partial charge in [-0.15, -0.1) is 0 Å². The van der Waals surface area contributed by atoms with Crippen molar-refractivity contribution in [3.05, 3.63) is 72.1 Å². The maximum atomic E-state index is 12.8. The molecule has 6 heteroatoms. The summed E-state index contributed by atoms with van der Waals surface area (Å²) in [6.45, 7) is 5.47. The summed E-state index contributed by atoms with van der Waals surface area (Å²) in [6.07, 6.45) is 8.03. The Morgan fingerprint density at radius 1 is 1.28 bits per heavy atom. The zero-order valence-corrected chi connectivity index (χ0v) is 14.6. The van der Waals surface area contributed by atoms with Gasteiger partial charge in [-0.25, -0.2) is 4.98 Å². The third kappa shape index (κ3) is 3.96. The lowest BCUT2D eigenvalue weighted by atomic mass is 10.1. The first-order chi connectivity index (χ1) is 12.2. The van der Waals surface area contributed by atoms with E-state index >= 15 is 0 Å². The molecule has 0 bridgehead atoms. The standard InChI is InChI=1S/C19H23N5O/c1-3-10-24-15(2)17(12-21-24)19(25)22-18(13-23-11-9-20-14-23)16-7-5-4-6-8-16/h4-9,11-12,14,18H,3,10,13H2,1-2H3,(H,22,25). The predicted octanol–water partition coefficient (Wildman–Crippen LogP) is 2.97. The SMILES string of the molecule is CCCn1ncc(C(=O)NC(Cn2ccnc2)c2ccccc2)c1C. The molecule has 1 N–H and O–H groups in total. The fraction of sp³-hybridized carbons (Fsp3) is 0.316. The van der Waals surface area contributed by atoms with Gasteiger partial charge in [-0.1, -0.05) is 37.3 Å². The number of aromatic nitrogens is 4. The molecule has 0 radical (unpaired) electrons. The van der Waals surface area contributed by atoms with E-state index < -0.39 is 0 Å². The Morgan fingerprint density at radius 3 is 2.76 bits per heavy atom. The average molecular weight is 337 g/mol. The summed E-state index contributed by atoms with van der Waals surface area (Å²) in [4.78, 5) is 16.9. The molecule has 1 atom stereocenters. The van der Waals surface area contributed by atoms with Gasteiger partial charge in [-0.3, -0.25) is 9.48 Å². The highest BCUT2D eigenvalue weighted by Gasteiger charge is 2.19. The first-order valence-corrected chi connectivity index (χ1v) is 8.53. The minimum atomic E-state index is -0.142. The van der Waals surface area contributed by atoms with E-state index in [0.717, 1.165) is 24.2 Å². The van der Waals surface area contributed by atoms with Crippen molar-refractivity contribution in [1.29, 1.82) is 0 Å². The molecule has 1 aromatic carbocycles. The van der Waals surface area contributed by atoms with E-state index in [-0.39, 0.29) is 11.9 Å². The predicted molar refractivity (Wildman–Crippen MR) is 96.1 cm³/mol. The van der Waals surface area contributed by atoms with Crippen molar-refractivity contribution in [2.24, 2.45) is 0 Å². The summed E-state index contributed by atoms with van der Waals surface area (Å²) >= 11 is 0. The second kappa shape index (κ2) is 7.79. The minimum Gasteiger partial charge on any atom is -0.343 e. The number of nitrogens with zero attached hydrogens (tertiary/aromatic N) is 4. The maximum absolute atomic E-state index is 12.8. The number of rotatable bonds is 7. The van der Waals surface area contributed by atoms with Crippen LogP contribution in [0.5, 0.6) is 0 Å². The highest BCUT2D eigenvalue weighted by Crippen LogP contribution is 2.17. The lowest BCUT2D eigenvalue weighted by molar-refractivity contribution is 0.0932. The Morgan fingerprint density at radius 2 is 2.08 bits per heavy atom. The quantitative estimate of drug-likeness (QED) is 0.721. The highest BCUT2D eigenvalue weighted by atomic mass is 16.1. The Bertz CT molecular complexity index is 808. The molecule has 0 spiro atoms. The van der Waals surface area contributed by atoms with E-state index in [4.69, 9.17) is 0 Å². The Kier molecular flexibility index (Phi) is 5.28. The van der Waals surface area contributed by atoms with Crippen LogP contribution in [-0.4, -0.2) is 25.2 Å². The Labute approximate surface area is 147 Å². The van der Waals surface area contributed by atoms with Gasteiger partial charge in [0.15, 0.2) is 0 Å². The highest BCUT2D eigenvalue weighted by molar-refractivity contribution is 5.95. The summed E-state index contributed by atoms with van der Waals surface area (Å²) in [5.41, 5.74) is 2.58. The molecule has 0 fully saturated rings. The molecule has 3 rings (SSSR count). The number of hydrogen-bond donors (Lipinski definition) is 1. The van der Waals surface area contributed by atoms with Crippen LogP contribution in [-0.2, 0) is 13.1 Å². The molecule has 2 aromatic heterocycles. The van der Waals surface area contributed by atoms with Crippen molar-refractivity contribution < 1.29 is 4.79 Å². The third-order valence-corrected chi connectivity index (χ3v) is 4.24. The van der Waals surface area contributed by atoms with Crippen LogP contribution in [0.25, 0.3) is 0 Å². The van der Waals surface area contributed by atoms with Gasteiger partial charge in [0, 0.05) is 31.2 Å². The first kappa shape index (κ1) is 17.0. The van der Waals surface area contributed by atoms with Gasteiger partial charge in [0.2, 0.25) is 0 Å². The maximum Gasteiger partial charge on any atom is 0.255 e. The fourth-order valence-electron chi connectivity index (χ4n) is 2.87. The average Bonchev–Trinajstić information content (AvgIpc) is 3.26. The number of carbonyl (C=O) groups excluding carboxylic acids is 1. The second-order valence-corrected chi connectivity index (χ2v) is 6.06. The first-order valence-electron chi connectivity index (χ1n) is 8.53. The Hall–Kier alpha value is -2.89. The summed E-state index contributed by atoms with van der Waals surface area (Å²) < 4.78 is 3.84. The second-order valence-electron chi connectivity index (χ2n) is 6.06. The molecule has 2 heterocycles. The van der Waals surface area contributed by atoms with Gasteiger partial charge in [-0.05, 0) is 18.9 Å². The fourth-order valence-corrected chi connectivity index (χ4v) is 2.87. The molecular weight excluding hydrogens is 314 g/mol. The Balaban J connectivity index is 1.81. The third-order valence-electron chi connectivity index (χ3n) is 4.24. The van der Waals surface area contributed by atoms with E-state index in [2.05, 4.69) is 22.3 Å². The number of nitrogens with one attached hydrogen (secondary N) is 1. The van der Waals surface area contributed by atoms with Crippen LogP contribution in [0, 0.1) is 6.92 Å². The zero-order valence-electron chi connectivity index (χ0n) is 14.6. The molecule has 0 aliphatic rings. The van der Waals surface area contributed by atoms with E-state index in [0.29, 0.717) is 12.1 Å². The topological polar surface area (TPSA) is 64.7 Å². The van der Waals surface area contributed by atoms with Crippen LogP contribution in [0.3, 0.4) is 0 Å². The van der Waals surface area contributed by atoms with Crippen molar-refractivity contribution >= 4 is 5.91 Å². The molecule has 0 aliphatic heterocycles. The zero-order chi connectivity index (χ0) is 17.6. The monoisotopic (exact) mass is 337 g/mol. The molecule has 1 unspecified atom stereocenters. The van der Waals surface area contributed by atoms with Gasteiger partial charge >= 0.3 is 0 Å². The minimum absolute atomic E-state index is 0.103. The molecule has 1 amide bonds. The van der Waals surface area contributed by atoms with Crippen LogP contribution in [0.4, 0.5) is 0 Å². The van der Waals surface area contributed by atoms with Gasteiger partial charge in [0.25, 0.3) is 5.91 Å². The van der Waals surface area contributed by atoms with E-state index in [9.17, 15) is 4.79 Å². The van der Waals surface area contributed by atoms with E-state index in [1.165, 1.54) is 0 Å². The van der Waals surface area contributed by atoms with E-state index in [1.807, 2.05) is 52.7 Å². The number of imidazole rings is 1. The molecule has 6 nitrogen and oxygen atoms in total. The van der Waals surface area contributed by atoms with Crippen LogP contribution in [0.1, 0.15) is 41.0 Å². The number of hydrogen-bond acceptors (Lipinski definition) is 3. The molecular formula is C19H23N5O. The smallest absolute Gasteiger partial charge is 0.255 e. The largest absolute Gasteiger partial charge is 0.343 e. The van der Waals surface area contributed by atoms with Crippen LogP contribution < -0.4 is 5.32 Å². The summed E-state index contributed by atoms with van der Waals surface area (Å²) in [6, 6.07) is 9.83. The number of carbonyl (C=O) groups is 1.